The van der Waals surface area contributed by atoms with E-state index in [1.165, 1.54) is 0 Å². The smallest absolute Gasteiger partial charge is 0.173 e. The van der Waals surface area contributed by atoms with Crippen molar-refractivity contribution in [3.8, 4) is 5.75 Å². The minimum atomic E-state index is -0.397. The number of Topliss-reactive ketones (excluding diaryl/α,β-unsaturated/α-hetero) is 1. The molecule has 0 aromatic heterocycles. The Morgan fingerprint density at radius 2 is 1.93 bits per heavy atom. The lowest BCUT2D eigenvalue weighted by atomic mass is 9.83. The van der Waals surface area contributed by atoms with Crippen molar-refractivity contribution in [2.75, 3.05) is 0 Å². The lowest BCUT2D eigenvalue weighted by molar-refractivity contribution is 0.0319. The molecule has 74 valence electrons. The van der Waals surface area contributed by atoms with Crippen LogP contribution in [0.15, 0.2) is 24.3 Å². The number of ketones is 1. The summed E-state index contributed by atoms with van der Waals surface area (Å²) in [7, 11) is 0. The maximum Gasteiger partial charge on any atom is 0.173 e. The van der Waals surface area contributed by atoms with E-state index in [4.69, 9.17) is 4.74 Å². The van der Waals surface area contributed by atoms with Gasteiger partial charge in [0.25, 0.3) is 0 Å². The number of fused-ring (bicyclic) bond motifs is 1. The van der Waals surface area contributed by atoms with Crippen LogP contribution in [0.25, 0.3) is 0 Å². The quantitative estimate of drug-likeness (QED) is 0.628. The van der Waals surface area contributed by atoms with Gasteiger partial charge in [0, 0.05) is 0 Å². The summed E-state index contributed by atoms with van der Waals surface area (Å²) >= 11 is 0. The van der Waals surface area contributed by atoms with Gasteiger partial charge in [-0.25, -0.2) is 0 Å². The molecule has 0 unspecified atom stereocenters. The molecule has 1 aliphatic heterocycles. The van der Waals surface area contributed by atoms with Crippen LogP contribution in [0.5, 0.6) is 5.75 Å². The first kappa shape index (κ1) is 9.25. The number of hydrogen-bond donors (Lipinski definition) is 0. The highest BCUT2D eigenvalue weighted by Crippen LogP contribution is 2.36. The van der Waals surface area contributed by atoms with Crippen molar-refractivity contribution in [3.63, 3.8) is 0 Å². The molecule has 0 N–H and O–H groups in total. The van der Waals surface area contributed by atoms with E-state index in [1.807, 2.05) is 45.0 Å². The van der Waals surface area contributed by atoms with Gasteiger partial charge >= 0.3 is 0 Å². The second kappa shape index (κ2) is 2.84. The molecule has 0 spiro atoms. The van der Waals surface area contributed by atoms with Crippen molar-refractivity contribution in [3.05, 3.63) is 29.8 Å². The third-order valence-electron chi connectivity index (χ3n) is 2.96. The zero-order valence-electron chi connectivity index (χ0n) is 8.70. The van der Waals surface area contributed by atoms with E-state index in [1.54, 1.807) is 0 Å². The van der Waals surface area contributed by atoms with E-state index < -0.39 is 5.60 Å². The van der Waals surface area contributed by atoms with Gasteiger partial charge in [0.2, 0.25) is 0 Å². The maximum absolute atomic E-state index is 12.0. The average Bonchev–Trinajstić information content (AvgIpc) is 2.14. The first-order valence-corrected chi connectivity index (χ1v) is 4.84. The second-order valence-corrected chi connectivity index (χ2v) is 4.29. The molecule has 1 aliphatic rings. The first-order valence-electron chi connectivity index (χ1n) is 4.84. The van der Waals surface area contributed by atoms with Crippen LogP contribution in [0.3, 0.4) is 0 Å². The highest BCUT2D eigenvalue weighted by molar-refractivity contribution is 6.01. The predicted molar refractivity (Wildman–Crippen MR) is 54.6 cm³/mol. The number of carbonyl (C=O) groups excluding carboxylic acids is 1. The zero-order valence-corrected chi connectivity index (χ0v) is 8.70. The molecule has 14 heavy (non-hydrogen) atoms. The van der Waals surface area contributed by atoms with Crippen LogP contribution in [0.2, 0.25) is 0 Å². The van der Waals surface area contributed by atoms with Gasteiger partial charge in [0.05, 0.1) is 11.5 Å². The summed E-state index contributed by atoms with van der Waals surface area (Å²) in [6.45, 7) is 5.81. The summed E-state index contributed by atoms with van der Waals surface area (Å²) in [6.07, 6.45) is 0. The van der Waals surface area contributed by atoms with Gasteiger partial charge in [0.1, 0.15) is 11.4 Å². The largest absolute Gasteiger partial charge is 0.486 e. The predicted octanol–water partition coefficient (Wildman–Crippen LogP) is 2.68. The van der Waals surface area contributed by atoms with Crippen molar-refractivity contribution in [2.45, 2.75) is 26.4 Å². The monoisotopic (exact) mass is 190 g/mol. The third-order valence-corrected chi connectivity index (χ3v) is 2.96. The van der Waals surface area contributed by atoms with Crippen molar-refractivity contribution in [2.24, 2.45) is 5.92 Å². The maximum atomic E-state index is 12.0. The SMILES string of the molecule is C[C@@H]1C(=O)c2ccccc2OC1(C)C. The Morgan fingerprint density at radius 3 is 2.64 bits per heavy atom. The van der Waals surface area contributed by atoms with E-state index >= 15 is 0 Å². The van der Waals surface area contributed by atoms with Crippen LogP contribution in [0, 0.1) is 5.92 Å². The molecular formula is C12H14O2. The molecule has 2 rings (SSSR count). The normalized spacial score (nSPS) is 23.9. The Bertz CT molecular complexity index is 380. The Kier molecular flexibility index (Phi) is 1.88. The van der Waals surface area contributed by atoms with Gasteiger partial charge in [-0.2, -0.15) is 0 Å². The van der Waals surface area contributed by atoms with Crippen molar-refractivity contribution >= 4 is 5.78 Å². The standard InChI is InChI=1S/C12H14O2/c1-8-11(13)9-6-4-5-7-10(9)14-12(8,2)3/h4-8H,1-3H3/t8-/m1/s1. The number of ether oxygens (including phenoxy) is 1. The highest BCUT2D eigenvalue weighted by Gasteiger charge is 2.39. The van der Waals surface area contributed by atoms with E-state index in [0.29, 0.717) is 11.3 Å². The molecule has 2 nitrogen and oxygen atoms in total. The Balaban J connectivity index is 2.54. The summed E-state index contributed by atoms with van der Waals surface area (Å²) in [5.41, 5.74) is 0.310. The molecule has 0 saturated carbocycles. The molecule has 0 bridgehead atoms. The van der Waals surface area contributed by atoms with Gasteiger partial charge in [-0.05, 0) is 26.0 Å². The lowest BCUT2D eigenvalue weighted by Gasteiger charge is -2.36. The number of rotatable bonds is 0. The van der Waals surface area contributed by atoms with Crippen LogP contribution in [-0.4, -0.2) is 11.4 Å². The number of hydrogen-bond acceptors (Lipinski definition) is 2. The van der Waals surface area contributed by atoms with Gasteiger partial charge in [-0.15, -0.1) is 0 Å². The van der Waals surface area contributed by atoms with Gasteiger partial charge < -0.3 is 4.74 Å². The molecule has 0 fully saturated rings. The minimum absolute atomic E-state index is 0.0857. The molecule has 0 saturated heterocycles. The number of para-hydroxylation sites is 1. The van der Waals surface area contributed by atoms with Crippen molar-refractivity contribution in [1.82, 2.24) is 0 Å². The highest BCUT2D eigenvalue weighted by atomic mass is 16.5. The molecule has 1 aromatic rings. The summed E-state index contributed by atoms with van der Waals surface area (Å²) in [5.74, 6) is 0.801. The molecule has 1 heterocycles. The van der Waals surface area contributed by atoms with Gasteiger partial charge in [-0.3, -0.25) is 4.79 Å². The molecule has 0 radical (unpaired) electrons. The zero-order chi connectivity index (χ0) is 10.3. The molecular weight excluding hydrogens is 176 g/mol. The van der Waals surface area contributed by atoms with Crippen LogP contribution in [0.4, 0.5) is 0 Å². The van der Waals surface area contributed by atoms with E-state index in [2.05, 4.69) is 0 Å². The van der Waals surface area contributed by atoms with E-state index in [-0.39, 0.29) is 11.7 Å². The molecule has 2 heteroatoms. The third kappa shape index (κ3) is 1.22. The van der Waals surface area contributed by atoms with E-state index in [9.17, 15) is 4.79 Å². The Hall–Kier alpha value is -1.31. The lowest BCUT2D eigenvalue weighted by Crippen LogP contribution is -2.44. The summed E-state index contributed by atoms with van der Waals surface area (Å²) in [6, 6.07) is 7.42. The molecule has 1 aromatic carbocycles. The summed E-state index contributed by atoms with van der Waals surface area (Å²) < 4.78 is 5.78. The number of carbonyl (C=O) groups is 1. The van der Waals surface area contributed by atoms with Crippen LogP contribution >= 0.6 is 0 Å². The molecule has 1 atom stereocenters. The Morgan fingerprint density at radius 1 is 1.29 bits per heavy atom. The van der Waals surface area contributed by atoms with Crippen molar-refractivity contribution in [1.29, 1.82) is 0 Å². The van der Waals surface area contributed by atoms with E-state index in [0.717, 1.165) is 0 Å². The summed E-state index contributed by atoms with van der Waals surface area (Å²) in [4.78, 5) is 12.0. The minimum Gasteiger partial charge on any atom is -0.486 e. The Labute approximate surface area is 83.9 Å². The van der Waals surface area contributed by atoms with Gasteiger partial charge in [0.15, 0.2) is 5.78 Å². The second-order valence-electron chi connectivity index (χ2n) is 4.29. The summed E-state index contributed by atoms with van der Waals surface area (Å²) in [5, 5.41) is 0. The average molecular weight is 190 g/mol. The molecule has 0 aliphatic carbocycles. The fourth-order valence-corrected chi connectivity index (χ4v) is 1.68. The fourth-order valence-electron chi connectivity index (χ4n) is 1.68. The van der Waals surface area contributed by atoms with Crippen LogP contribution in [-0.2, 0) is 0 Å². The van der Waals surface area contributed by atoms with Crippen LogP contribution < -0.4 is 4.74 Å². The topological polar surface area (TPSA) is 26.3 Å². The number of benzene rings is 1. The fraction of sp³-hybridized carbons (Fsp3) is 0.417. The van der Waals surface area contributed by atoms with Gasteiger partial charge in [-0.1, -0.05) is 19.1 Å². The first-order chi connectivity index (χ1) is 6.52. The van der Waals surface area contributed by atoms with Crippen molar-refractivity contribution < 1.29 is 9.53 Å². The molecule has 0 amide bonds. The van der Waals surface area contributed by atoms with Crippen LogP contribution in [0.1, 0.15) is 31.1 Å².